The van der Waals surface area contributed by atoms with Crippen molar-refractivity contribution in [3.8, 4) is 17.3 Å². The smallest absolute Gasteiger partial charge is 0.407 e. The maximum absolute atomic E-state index is 14.3. The largest absolute Gasteiger partial charge is 0.456 e. The number of rotatable bonds is 8. The highest BCUT2D eigenvalue weighted by Crippen LogP contribution is 2.38. The SMILES string of the molecule is CC(C)CC(N[C@@H](c1ccc2c(c1)oc1ccc(-c3cnc[nH]3)cc12)C(F)(F)F)C(=O)NC1(C#N)CC1. The molecule has 0 saturated heterocycles. The second-order valence-corrected chi connectivity index (χ2v) is 10.0. The van der Waals surface area contributed by atoms with E-state index in [9.17, 15) is 23.2 Å². The van der Waals surface area contributed by atoms with Gasteiger partial charge < -0.3 is 14.7 Å². The number of nitrogens with one attached hydrogen (secondary N) is 3. The van der Waals surface area contributed by atoms with Gasteiger partial charge in [0, 0.05) is 16.3 Å². The van der Waals surface area contributed by atoms with Crippen molar-refractivity contribution in [3.05, 3.63) is 54.5 Å². The number of aromatic amines is 1. The van der Waals surface area contributed by atoms with Crippen LogP contribution in [0.1, 0.15) is 44.7 Å². The number of alkyl halides is 3. The molecule has 2 heterocycles. The summed E-state index contributed by atoms with van der Waals surface area (Å²) in [5.74, 6) is -0.644. The van der Waals surface area contributed by atoms with Gasteiger partial charge in [-0.05, 0) is 55.0 Å². The molecule has 4 aromatic rings. The van der Waals surface area contributed by atoms with Crippen LogP contribution in [0.4, 0.5) is 13.2 Å². The average molecular weight is 510 g/mol. The molecule has 0 radical (unpaired) electrons. The predicted octanol–water partition coefficient (Wildman–Crippen LogP) is 5.76. The highest BCUT2D eigenvalue weighted by molar-refractivity contribution is 6.06. The Morgan fingerprint density at radius 2 is 1.97 bits per heavy atom. The minimum absolute atomic E-state index is 0.0451. The Morgan fingerprint density at radius 1 is 1.19 bits per heavy atom. The Kier molecular flexibility index (Phi) is 6.20. The van der Waals surface area contributed by atoms with Crippen molar-refractivity contribution >= 4 is 27.8 Å². The summed E-state index contributed by atoms with van der Waals surface area (Å²) in [6.45, 7) is 3.67. The third-order valence-electron chi connectivity index (χ3n) is 6.68. The van der Waals surface area contributed by atoms with Gasteiger partial charge in [0.05, 0.1) is 30.3 Å². The number of nitrogens with zero attached hydrogens (tertiary/aromatic N) is 2. The first-order chi connectivity index (χ1) is 17.6. The molecule has 1 aliphatic carbocycles. The van der Waals surface area contributed by atoms with Crippen LogP contribution in [0.5, 0.6) is 0 Å². The average Bonchev–Trinajstić information content (AvgIpc) is 3.25. The van der Waals surface area contributed by atoms with Crippen molar-refractivity contribution < 1.29 is 22.4 Å². The van der Waals surface area contributed by atoms with Crippen molar-refractivity contribution in [2.45, 2.75) is 56.9 Å². The van der Waals surface area contributed by atoms with Crippen LogP contribution in [0.3, 0.4) is 0 Å². The monoisotopic (exact) mass is 509 g/mol. The Bertz CT molecular complexity index is 1480. The normalized spacial score (nSPS) is 16.6. The van der Waals surface area contributed by atoms with Crippen LogP contribution in [0.2, 0.25) is 0 Å². The number of imidazole rings is 1. The van der Waals surface area contributed by atoms with Crippen LogP contribution in [-0.4, -0.2) is 33.6 Å². The molecule has 1 amide bonds. The zero-order valence-electron chi connectivity index (χ0n) is 20.3. The topological polar surface area (TPSA) is 107 Å². The van der Waals surface area contributed by atoms with E-state index in [1.165, 1.54) is 12.1 Å². The summed E-state index contributed by atoms with van der Waals surface area (Å²) in [4.78, 5) is 20.0. The Hall–Kier alpha value is -3.84. The van der Waals surface area contributed by atoms with Crippen LogP contribution in [0.15, 0.2) is 53.3 Å². The molecule has 1 saturated carbocycles. The van der Waals surface area contributed by atoms with Crippen molar-refractivity contribution in [1.29, 1.82) is 5.26 Å². The van der Waals surface area contributed by atoms with Gasteiger partial charge in [0.15, 0.2) is 0 Å². The quantitative estimate of drug-likeness (QED) is 0.280. The number of carbonyl (C=O) groups is 1. The number of aromatic nitrogens is 2. The summed E-state index contributed by atoms with van der Waals surface area (Å²) in [7, 11) is 0. The van der Waals surface area contributed by atoms with Crippen LogP contribution >= 0.6 is 0 Å². The third kappa shape index (κ3) is 5.04. The number of hydrogen-bond acceptors (Lipinski definition) is 5. The molecule has 2 aromatic heterocycles. The van der Waals surface area contributed by atoms with Gasteiger partial charge in [0.25, 0.3) is 0 Å². The molecule has 1 unspecified atom stereocenters. The van der Waals surface area contributed by atoms with Crippen molar-refractivity contribution in [2.75, 3.05) is 0 Å². The second kappa shape index (κ2) is 9.23. The number of carbonyl (C=O) groups excluding carboxylic acids is 1. The molecule has 7 nitrogen and oxygen atoms in total. The van der Waals surface area contributed by atoms with Gasteiger partial charge in [0.1, 0.15) is 22.7 Å². The van der Waals surface area contributed by atoms with E-state index in [1.54, 1.807) is 24.7 Å². The Balaban J connectivity index is 1.48. The lowest BCUT2D eigenvalue weighted by Gasteiger charge is -2.29. The zero-order chi connectivity index (χ0) is 26.4. The molecule has 37 heavy (non-hydrogen) atoms. The minimum atomic E-state index is -4.67. The number of amides is 1. The molecule has 2 atom stereocenters. The first kappa shape index (κ1) is 24.8. The molecule has 3 N–H and O–H groups in total. The molecular formula is C27H26F3N5O2. The minimum Gasteiger partial charge on any atom is -0.456 e. The summed E-state index contributed by atoms with van der Waals surface area (Å²) < 4.78 is 48.8. The number of halogens is 3. The molecule has 1 fully saturated rings. The van der Waals surface area contributed by atoms with Gasteiger partial charge >= 0.3 is 6.18 Å². The number of hydrogen-bond donors (Lipinski definition) is 3. The lowest BCUT2D eigenvalue weighted by atomic mass is 9.98. The van der Waals surface area contributed by atoms with Gasteiger partial charge in [-0.25, -0.2) is 4.98 Å². The second-order valence-electron chi connectivity index (χ2n) is 10.0. The lowest BCUT2D eigenvalue weighted by Crippen LogP contribution is -2.52. The fraction of sp³-hybridized carbons (Fsp3) is 0.370. The van der Waals surface area contributed by atoms with Crippen LogP contribution in [0, 0.1) is 17.2 Å². The summed E-state index contributed by atoms with van der Waals surface area (Å²) in [6, 6.07) is 8.75. The van der Waals surface area contributed by atoms with Gasteiger partial charge in [-0.2, -0.15) is 18.4 Å². The molecule has 192 valence electrons. The van der Waals surface area contributed by atoms with Crippen molar-refractivity contribution in [3.63, 3.8) is 0 Å². The number of nitriles is 1. The number of H-pyrrole nitrogens is 1. The molecule has 10 heteroatoms. The molecular weight excluding hydrogens is 483 g/mol. The van der Waals surface area contributed by atoms with Gasteiger partial charge in [-0.15, -0.1) is 0 Å². The molecule has 0 spiro atoms. The van der Waals surface area contributed by atoms with E-state index in [4.69, 9.17) is 4.42 Å². The predicted molar refractivity (Wildman–Crippen MR) is 132 cm³/mol. The van der Waals surface area contributed by atoms with E-state index < -0.39 is 29.7 Å². The number of benzene rings is 2. The summed E-state index contributed by atoms with van der Waals surface area (Å²) in [5.41, 5.74) is 1.53. The molecule has 2 aromatic carbocycles. The van der Waals surface area contributed by atoms with E-state index in [0.29, 0.717) is 29.4 Å². The molecule has 5 rings (SSSR count). The van der Waals surface area contributed by atoms with Gasteiger partial charge in [-0.1, -0.05) is 26.0 Å². The lowest BCUT2D eigenvalue weighted by molar-refractivity contribution is -0.161. The van der Waals surface area contributed by atoms with Crippen LogP contribution in [-0.2, 0) is 4.79 Å². The standard InChI is InChI=1S/C27H26F3N5O2/c1-15(2)9-20(25(36)35-26(13-31)7-8-26)34-24(27(28,29)30)17-3-5-18-19-10-16(21-12-32-14-33-21)4-6-22(19)37-23(18)11-17/h3-6,10-12,14-15,20,24,34H,7-9H2,1-2H3,(H,32,33)(H,35,36)/t20?,24-/m0/s1. The number of fused-ring (bicyclic) bond motifs is 3. The Morgan fingerprint density at radius 3 is 2.59 bits per heavy atom. The van der Waals surface area contributed by atoms with Gasteiger partial charge in [0.2, 0.25) is 5.91 Å². The number of furan rings is 1. The van der Waals surface area contributed by atoms with E-state index in [1.807, 2.05) is 26.0 Å². The Labute approximate surface area is 211 Å². The van der Waals surface area contributed by atoms with Gasteiger partial charge in [-0.3, -0.25) is 10.1 Å². The van der Waals surface area contributed by atoms with E-state index >= 15 is 0 Å². The van der Waals surface area contributed by atoms with Crippen molar-refractivity contribution in [1.82, 2.24) is 20.6 Å². The van der Waals surface area contributed by atoms with Crippen molar-refractivity contribution in [2.24, 2.45) is 5.92 Å². The maximum Gasteiger partial charge on any atom is 0.407 e. The summed E-state index contributed by atoms with van der Waals surface area (Å²) in [6.07, 6.45) is -0.235. The first-order valence-corrected chi connectivity index (χ1v) is 12.1. The molecule has 0 bridgehead atoms. The van der Waals surface area contributed by atoms with E-state index in [2.05, 4.69) is 26.7 Å². The molecule has 1 aliphatic rings. The molecule has 0 aliphatic heterocycles. The maximum atomic E-state index is 14.3. The van der Waals surface area contributed by atoms with Crippen LogP contribution in [0.25, 0.3) is 33.2 Å². The van der Waals surface area contributed by atoms with E-state index in [0.717, 1.165) is 16.6 Å². The van der Waals surface area contributed by atoms with Crippen LogP contribution < -0.4 is 10.6 Å². The third-order valence-corrected chi connectivity index (χ3v) is 6.68. The highest BCUT2D eigenvalue weighted by Gasteiger charge is 2.47. The van der Waals surface area contributed by atoms with E-state index in [-0.39, 0.29) is 17.9 Å². The summed E-state index contributed by atoms with van der Waals surface area (Å²) in [5, 5.41) is 15.9. The fourth-order valence-corrected chi connectivity index (χ4v) is 4.57. The zero-order valence-corrected chi connectivity index (χ0v) is 20.3. The first-order valence-electron chi connectivity index (χ1n) is 12.1. The fourth-order valence-electron chi connectivity index (χ4n) is 4.57. The summed E-state index contributed by atoms with van der Waals surface area (Å²) >= 11 is 0. The highest BCUT2D eigenvalue weighted by atomic mass is 19.4.